The highest BCUT2D eigenvalue weighted by atomic mass is 79.9. The van der Waals surface area contributed by atoms with E-state index in [0.29, 0.717) is 10.0 Å². The molecule has 80 valence electrons. The van der Waals surface area contributed by atoms with Gasteiger partial charge >= 0.3 is 6.18 Å². The smallest absolute Gasteiger partial charge is 0.198 e. The predicted molar refractivity (Wildman–Crippen MR) is 53.2 cm³/mol. The van der Waals surface area contributed by atoms with E-state index in [2.05, 4.69) is 15.9 Å². The number of hydrogen-bond acceptors (Lipinski definition) is 1. The van der Waals surface area contributed by atoms with Gasteiger partial charge in [0, 0.05) is 4.47 Å². The molecular weight excluding hydrogens is 271 g/mol. The van der Waals surface area contributed by atoms with Crippen molar-refractivity contribution >= 4 is 15.9 Å². The molecule has 0 aromatic heterocycles. The van der Waals surface area contributed by atoms with Gasteiger partial charge in [0.05, 0.1) is 18.4 Å². The van der Waals surface area contributed by atoms with Crippen LogP contribution < -0.4 is 0 Å². The molecule has 0 fully saturated rings. The lowest BCUT2D eigenvalue weighted by Crippen LogP contribution is -2.12. The highest BCUT2D eigenvalue weighted by Crippen LogP contribution is 2.31. The molecule has 0 spiro atoms. The maximum atomic E-state index is 12.1. The first-order valence-electron chi connectivity index (χ1n) is 4.14. The van der Waals surface area contributed by atoms with Gasteiger partial charge in [-0.3, -0.25) is 0 Å². The van der Waals surface area contributed by atoms with Gasteiger partial charge in [0.25, 0.3) is 0 Å². The SMILES string of the molecule is N#CC(CC(F)(F)F)c1cccc(Br)c1. The molecule has 0 aliphatic carbocycles. The van der Waals surface area contributed by atoms with Gasteiger partial charge in [-0.25, -0.2) is 0 Å². The number of hydrogen-bond donors (Lipinski definition) is 0. The van der Waals surface area contributed by atoms with Crippen molar-refractivity contribution in [3.8, 4) is 6.07 Å². The van der Waals surface area contributed by atoms with Crippen LogP contribution in [0.1, 0.15) is 17.9 Å². The average Bonchev–Trinajstić information content (AvgIpc) is 2.13. The molecule has 1 aromatic carbocycles. The van der Waals surface area contributed by atoms with Gasteiger partial charge in [-0.05, 0) is 17.7 Å². The van der Waals surface area contributed by atoms with E-state index in [9.17, 15) is 13.2 Å². The van der Waals surface area contributed by atoms with Gasteiger partial charge < -0.3 is 0 Å². The Morgan fingerprint density at radius 2 is 2.07 bits per heavy atom. The molecule has 15 heavy (non-hydrogen) atoms. The molecule has 0 bridgehead atoms. The maximum absolute atomic E-state index is 12.1. The summed E-state index contributed by atoms with van der Waals surface area (Å²) in [6.45, 7) is 0. The number of alkyl halides is 3. The third kappa shape index (κ3) is 3.92. The summed E-state index contributed by atoms with van der Waals surface area (Å²) in [7, 11) is 0. The van der Waals surface area contributed by atoms with Crippen molar-refractivity contribution in [1.29, 1.82) is 5.26 Å². The third-order valence-corrected chi connectivity index (χ3v) is 2.34. The molecule has 0 radical (unpaired) electrons. The molecule has 0 amide bonds. The largest absolute Gasteiger partial charge is 0.390 e. The molecule has 0 aliphatic rings. The zero-order valence-corrected chi connectivity index (χ0v) is 9.14. The van der Waals surface area contributed by atoms with Gasteiger partial charge in [0.1, 0.15) is 0 Å². The number of benzene rings is 1. The monoisotopic (exact) mass is 277 g/mol. The second-order valence-electron chi connectivity index (χ2n) is 3.06. The van der Waals surface area contributed by atoms with Crippen LogP contribution in [0.3, 0.4) is 0 Å². The van der Waals surface area contributed by atoms with Gasteiger partial charge in [0.15, 0.2) is 0 Å². The normalized spacial score (nSPS) is 13.3. The minimum atomic E-state index is -4.32. The summed E-state index contributed by atoms with van der Waals surface area (Å²) in [6.07, 6.45) is -5.43. The summed E-state index contributed by atoms with van der Waals surface area (Å²) >= 11 is 3.15. The Kier molecular flexibility index (Phi) is 3.75. The van der Waals surface area contributed by atoms with Crippen LogP contribution in [0.5, 0.6) is 0 Å². The van der Waals surface area contributed by atoms with Crippen LogP contribution in [-0.4, -0.2) is 6.18 Å². The fraction of sp³-hybridized carbons (Fsp3) is 0.300. The van der Waals surface area contributed by atoms with E-state index in [-0.39, 0.29) is 0 Å². The summed E-state index contributed by atoms with van der Waals surface area (Å²) in [5.74, 6) is -1.14. The first-order valence-corrected chi connectivity index (χ1v) is 4.93. The van der Waals surface area contributed by atoms with Crippen LogP contribution in [-0.2, 0) is 0 Å². The molecule has 0 saturated carbocycles. The van der Waals surface area contributed by atoms with Crippen LogP contribution in [0.4, 0.5) is 13.2 Å². The van der Waals surface area contributed by atoms with E-state index in [1.54, 1.807) is 18.2 Å². The minimum Gasteiger partial charge on any atom is -0.198 e. The molecule has 0 N–H and O–H groups in total. The van der Waals surface area contributed by atoms with Gasteiger partial charge in [-0.15, -0.1) is 0 Å². The van der Waals surface area contributed by atoms with Gasteiger partial charge in [-0.1, -0.05) is 28.1 Å². The van der Waals surface area contributed by atoms with Crippen molar-refractivity contribution in [3.05, 3.63) is 34.3 Å². The Bertz CT molecular complexity index is 381. The molecule has 0 heterocycles. The summed E-state index contributed by atoms with van der Waals surface area (Å²) < 4.78 is 37.0. The fourth-order valence-corrected chi connectivity index (χ4v) is 1.61. The van der Waals surface area contributed by atoms with Crippen LogP contribution in [0.2, 0.25) is 0 Å². The van der Waals surface area contributed by atoms with E-state index >= 15 is 0 Å². The van der Waals surface area contributed by atoms with Crippen LogP contribution >= 0.6 is 15.9 Å². The molecule has 1 nitrogen and oxygen atoms in total. The Morgan fingerprint density at radius 1 is 1.40 bits per heavy atom. The van der Waals surface area contributed by atoms with Gasteiger partial charge in [-0.2, -0.15) is 18.4 Å². The first-order chi connectivity index (χ1) is 6.92. The van der Waals surface area contributed by atoms with Gasteiger partial charge in [0.2, 0.25) is 0 Å². The zero-order valence-electron chi connectivity index (χ0n) is 7.55. The van der Waals surface area contributed by atoms with Crippen LogP contribution in [0.15, 0.2) is 28.7 Å². The predicted octanol–water partition coefficient (Wildman–Crippen LogP) is 4.01. The zero-order chi connectivity index (χ0) is 11.5. The van der Waals surface area contributed by atoms with Crippen molar-refractivity contribution in [2.24, 2.45) is 0 Å². The molecule has 5 heteroatoms. The van der Waals surface area contributed by atoms with E-state index in [4.69, 9.17) is 5.26 Å². The number of rotatable bonds is 2. The lowest BCUT2D eigenvalue weighted by atomic mass is 9.97. The quantitative estimate of drug-likeness (QED) is 0.801. The minimum absolute atomic E-state index is 0.379. The Morgan fingerprint density at radius 3 is 2.53 bits per heavy atom. The van der Waals surface area contributed by atoms with E-state index in [1.807, 2.05) is 0 Å². The lowest BCUT2D eigenvalue weighted by Gasteiger charge is -2.12. The fourth-order valence-electron chi connectivity index (χ4n) is 1.19. The molecule has 0 saturated heterocycles. The second kappa shape index (κ2) is 4.67. The number of halogens is 4. The van der Waals surface area contributed by atoms with Crippen LogP contribution in [0.25, 0.3) is 0 Å². The van der Waals surface area contributed by atoms with E-state index in [1.165, 1.54) is 12.1 Å². The highest BCUT2D eigenvalue weighted by molar-refractivity contribution is 9.10. The molecule has 1 unspecified atom stereocenters. The summed E-state index contributed by atoms with van der Waals surface area (Å²) in [5.41, 5.74) is 0.379. The molecule has 0 aliphatic heterocycles. The van der Waals surface area contributed by atoms with Crippen molar-refractivity contribution in [2.75, 3.05) is 0 Å². The Hall–Kier alpha value is -1.02. The second-order valence-corrected chi connectivity index (χ2v) is 3.97. The van der Waals surface area contributed by atoms with Crippen molar-refractivity contribution in [1.82, 2.24) is 0 Å². The van der Waals surface area contributed by atoms with E-state index in [0.717, 1.165) is 0 Å². The lowest BCUT2D eigenvalue weighted by molar-refractivity contribution is -0.136. The standard InChI is InChI=1S/C10H7BrF3N/c11-9-3-1-2-7(4-9)8(6-15)5-10(12,13)14/h1-4,8H,5H2. The summed E-state index contributed by atoms with van der Waals surface area (Å²) in [4.78, 5) is 0. The van der Waals surface area contributed by atoms with E-state index < -0.39 is 18.5 Å². The molecule has 1 rings (SSSR count). The molecule has 1 atom stereocenters. The Labute approximate surface area is 93.6 Å². The first kappa shape index (κ1) is 12.1. The average molecular weight is 278 g/mol. The highest BCUT2D eigenvalue weighted by Gasteiger charge is 2.32. The summed E-state index contributed by atoms with van der Waals surface area (Å²) in [5, 5.41) is 8.67. The topological polar surface area (TPSA) is 23.8 Å². The summed E-state index contributed by atoms with van der Waals surface area (Å²) in [6, 6.07) is 8.02. The van der Waals surface area contributed by atoms with Crippen molar-refractivity contribution in [2.45, 2.75) is 18.5 Å². The number of nitriles is 1. The number of nitrogens with zero attached hydrogens (tertiary/aromatic N) is 1. The molecule has 1 aromatic rings. The Balaban J connectivity index is 2.90. The van der Waals surface area contributed by atoms with Crippen LogP contribution in [0, 0.1) is 11.3 Å². The maximum Gasteiger partial charge on any atom is 0.390 e. The van der Waals surface area contributed by atoms with Crippen molar-refractivity contribution < 1.29 is 13.2 Å². The van der Waals surface area contributed by atoms with Crippen molar-refractivity contribution in [3.63, 3.8) is 0 Å². The molecular formula is C10H7BrF3N. The third-order valence-electron chi connectivity index (χ3n) is 1.84.